The van der Waals surface area contributed by atoms with E-state index in [1.165, 1.54) is 0 Å². The molecular formula is C14H25FN2O. The summed E-state index contributed by atoms with van der Waals surface area (Å²) < 4.78 is 13.6. The third-order valence-corrected chi connectivity index (χ3v) is 3.03. The number of amides is 1. The van der Waals surface area contributed by atoms with E-state index in [2.05, 4.69) is 10.2 Å². The summed E-state index contributed by atoms with van der Waals surface area (Å²) in [5, 5.41) is 2.87. The first-order chi connectivity index (χ1) is 8.18. The zero-order valence-corrected chi connectivity index (χ0v) is 11.9. The van der Waals surface area contributed by atoms with Gasteiger partial charge in [-0.1, -0.05) is 6.08 Å². The number of hydrogen-bond donors (Lipinski definition) is 1. The molecule has 1 fully saturated rings. The van der Waals surface area contributed by atoms with Crippen LogP contribution in [-0.4, -0.2) is 41.6 Å². The number of hydrogen-bond acceptors (Lipinski definition) is 2. The highest BCUT2D eigenvalue weighted by Crippen LogP contribution is 2.25. The Hall–Kier alpha value is -0.900. The van der Waals surface area contributed by atoms with Crippen LogP contribution in [0.3, 0.4) is 0 Å². The van der Waals surface area contributed by atoms with Crippen molar-refractivity contribution in [2.75, 3.05) is 19.6 Å². The van der Waals surface area contributed by atoms with Crippen LogP contribution in [0.15, 0.2) is 12.2 Å². The summed E-state index contributed by atoms with van der Waals surface area (Å²) in [5.74, 6) is -0.0742. The summed E-state index contributed by atoms with van der Waals surface area (Å²) in [6.45, 7) is 9.75. The van der Waals surface area contributed by atoms with Gasteiger partial charge in [-0.15, -0.1) is 0 Å². The molecule has 0 aromatic heterocycles. The van der Waals surface area contributed by atoms with Crippen molar-refractivity contribution in [1.29, 1.82) is 0 Å². The van der Waals surface area contributed by atoms with Gasteiger partial charge in [0.1, 0.15) is 5.67 Å². The predicted octanol–water partition coefficient (Wildman–Crippen LogP) is 2.28. The number of carbonyl (C=O) groups excluding carboxylic acids is 1. The molecule has 0 atom stereocenters. The number of piperidine rings is 1. The Labute approximate surface area is 109 Å². The van der Waals surface area contributed by atoms with Crippen LogP contribution < -0.4 is 5.32 Å². The van der Waals surface area contributed by atoms with E-state index in [0.717, 1.165) is 13.1 Å². The van der Waals surface area contributed by atoms with Crippen molar-refractivity contribution in [3.63, 3.8) is 0 Å². The molecule has 1 N–H and O–H groups in total. The first-order valence-corrected chi connectivity index (χ1v) is 6.58. The highest BCUT2D eigenvalue weighted by atomic mass is 19.1. The average Bonchev–Trinajstić information content (AvgIpc) is 2.18. The van der Waals surface area contributed by atoms with Crippen molar-refractivity contribution < 1.29 is 9.18 Å². The zero-order valence-electron chi connectivity index (χ0n) is 11.9. The van der Waals surface area contributed by atoms with Crippen LogP contribution in [0.5, 0.6) is 0 Å². The molecule has 0 unspecified atom stereocenters. The first kappa shape index (κ1) is 15.2. The van der Waals surface area contributed by atoms with Crippen LogP contribution >= 0.6 is 0 Å². The van der Waals surface area contributed by atoms with Gasteiger partial charge in [-0.3, -0.25) is 9.69 Å². The Kier molecular flexibility index (Phi) is 4.91. The first-order valence-electron chi connectivity index (χ1n) is 6.58. The Morgan fingerprint density at radius 2 is 1.94 bits per heavy atom. The van der Waals surface area contributed by atoms with E-state index in [9.17, 15) is 9.18 Å². The van der Waals surface area contributed by atoms with Crippen molar-refractivity contribution >= 4 is 5.91 Å². The molecule has 1 amide bonds. The van der Waals surface area contributed by atoms with E-state index < -0.39 is 5.67 Å². The van der Waals surface area contributed by atoms with Gasteiger partial charge in [0.2, 0.25) is 5.91 Å². The summed E-state index contributed by atoms with van der Waals surface area (Å²) in [5.41, 5.74) is -1.22. The number of rotatable bonds is 3. The van der Waals surface area contributed by atoms with Crippen LogP contribution in [0.4, 0.5) is 4.39 Å². The third kappa shape index (κ3) is 6.15. The molecule has 1 rings (SSSR count). The summed E-state index contributed by atoms with van der Waals surface area (Å²) in [6.07, 6.45) is 4.57. The number of nitrogens with one attached hydrogen (secondary N) is 1. The molecule has 0 aliphatic carbocycles. The zero-order chi connectivity index (χ0) is 13.8. The average molecular weight is 256 g/mol. The standard InChI is InChI=1S/C14H25FN2O/c1-13(2,3)16-12(18)6-5-9-17-10-7-14(4,15)8-11-17/h5-6H,7-11H2,1-4H3,(H,16,18)/b6-5+. The SMILES string of the molecule is CC1(F)CCN(C/C=C/C(=O)NC(C)(C)C)CC1. The van der Waals surface area contributed by atoms with E-state index in [0.29, 0.717) is 19.4 Å². The molecule has 1 aliphatic rings. The topological polar surface area (TPSA) is 32.3 Å². The second kappa shape index (κ2) is 5.83. The number of carbonyl (C=O) groups is 1. The van der Waals surface area contributed by atoms with E-state index in [1.54, 1.807) is 13.0 Å². The summed E-state index contributed by atoms with van der Waals surface area (Å²) in [7, 11) is 0. The Balaban J connectivity index is 2.27. The lowest BCUT2D eigenvalue weighted by molar-refractivity contribution is -0.117. The van der Waals surface area contributed by atoms with Gasteiger partial charge in [0.15, 0.2) is 0 Å². The summed E-state index contributed by atoms with van der Waals surface area (Å²) >= 11 is 0. The molecule has 3 nitrogen and oxygen atoms in total. The number of nitrogens with zero attached hydrogens (tertiary/aromatic N) is 1. The molecule has 0 radical (unpaired) electrons. The van der Waals surface area contributed by atoms with Crippen molar-refractivity contribution in [3.05, 3.63) is 12.2 Å². The van der Waals surface area contributed by atoms with Gasteiger partial charge in [0.05, 0.1) is 0 Å². The van der Waals surface area contributed by atoms with Crippen LogP contribution in [0.2, 0.25) is 0 Å². The van der Waals surface area contributed by atoms with Gasteiger partial charge >= 0.3 is 0 Å². The minimum atomic E-state index is -1.01. The maximum atomic E-state index is 13.6. The lowest BCUT2D eigenvalue weighted by Crippen LogP contribution is -2.41. The van der Waals surface area contributed by atoms with Crippen LogP contribution in [-0.2, 0) is 4.79 Å². The van der Waals surface area contributed by atoms with Gasteiger partial charge in [-0.05, 0) is 40.5 Å². The Morgan fingerprint density at radius 3 is 2.44 bits per heavy atom. The van der Waals surface area contributed by atoms with Crippen molar-refractivity contribution in [1.82, 2.24) is 10.2 Å². The van der Waals surface area contributed by atoms with Crippen molar-refractivity contribution in [2.45, 2.75) is 51.7 Å². The number of likely N-dealkylation sites (tertiary alicyclic amines) is 1. The number of alkyl halides is 1. The lowest BCUT2D eigenvalue weighted by Gasteiger charge is -2.33. The second-order valence-corrected chi connectivity index (χ2v) is 6.36. The molecule has 0 spiro atoms. The molecule has 0 saturated carbocycles. The normalized spacial score (nSPS) is 21.2. The summed E-state index contributed by atoms with van der Waals surface area (Å²) in [6, 6.07) is 0. The van der Waals surface area contributed by atoms with Gasteiger partial charge in [-0.25, -0.2) is 4.39 Å². The smallest absolute Gasteiger partial charge is 0.244 e. The molecule has 1 saturated heterocycles. The van der Waals surface area contributed by atoms with E-state index in [-0.39, 0.29) is 11.4 Å². The molecule has 1 heterocycles. The fourth-order valence-corrected chi connectivity index (χ4v) is 1.92. The minimum absolute atomic E-state index is 0.0742. The highest BCUT2D eigenvalue weighted by molar-refractivity contribution is 5.87. The molecule has 0 aromatic rings. The minimum Gasteiger partial charge on any atom is -0.348 e. The van der Waals surface area contributed by atoms with Gasteiger partial charge in [-0.2, -0.15) is 0 Å². The second-order valence-electron chi connectivity index (χ2n) is 6.36. The van der Waals surface area contributed by atoms with E-state index >= 15 is 0 Å². The maximum Gasteiger partial charge on any atom is 0.244 e. The van der Waals surface area contributed by atoms with Crippen molar-refractivity contribution in [3.8, 4) is 0 Å². The largest absolute Gasteiger partial charge is 0.348 e. The summed E-state index contributed by atoms with van der Waals surface area (Å²) in [4.78, 5) is 13.7. The van der Waals surface area contributed by atoms with Gasteiger partial charge in [0, 0.05) is 31.2 Å². The predicted molar refractivity (Wildman–Crippen MR) is 72.2 cm³/mol. The molecule has 0 bridgehead atoms. The fraction of sp³-hybridized carbons (Fsp3) is 0.786. The van der Waals surface area contributed by atoms with E-state index in [4.69, 9.17) is 0 Å². The van der Waals surface area contributed by atoms with Crippen molar-refractivity contribution in [2.24, 2.45) is 0 Å². The molecular weight excluding hydrogens is 231 g/mol. The van der Waals surface area contributed by atoms with Crippen LogP contribution in [0.25, 0.3) is 0 Å². The molecule has 1 aliphatic heterocycles. The van der Waals surface area contributed by atoms with Crippen LogP contribution in [0, 0.1) is 0 Å². The Bertz CT molecular complexity index is 308. The number of halogens is 1. The molecule has 104 valence electrons. The third-order valence-electron chi connectivity index (χ3n) is 3.03. The van der Waals surface area contributed by atoms with E-state index in [1.807, 2.05) is 26.8 Å². The molecule has 0 aromatic carbocycles. The molecule has 18 heavy (non-hydrogen) atoms. The molecule has 4 heteroatoms. The highest BCUT2D eigenvalue weighted by Gasteiger charge is 2.28. The maximum absolute atomic E-state index is 13.6. The van der Waals surface area contributed by atoms with Crippen LogP contribution in [0.1, 0.15) is 40.5 Å². The lowest BCUT2D eigenvalue weighted by atomic mass is 9.96. The quantitative estimate of drug-likeness (QED) is 0.786. The fourth-order valence-electron chi connectivity index (χ4n) is 1.92. The monoisotopic (exact) mass is 256 g/mol. The van der Waals surface area contributed by atoms with Gasteiger partial charge in [0.25, 0.3) is 0 Å². The van der Waals surface area contributed by atoms with Gasteiger partial charge < -0.3 is 5.32 Å². The Morgan fingerprint density at radius 1 is 1.39 bits per heavy atom.